The first kappa shape index (κ1) is 13.9. The number of hydrogen-bond acceptors (Lipinski definition) is 2. The lowest BCUT2D eigenvalue weighted by atomic mass is 10.2. The van der Waals surface area contributed by atoms with E-state index in [2.05, 4.69) is 10.3 Å². The highest BCUT2D eigenvalue weighted by Crippen LogP contribution is 2.20. The van der Waals surface area contributed by atoms with Gasteiger partial charge in [0, 0.05) is 30.2 Å². The summed E-state index contributed by atoms with van der Waals surface area (Å²) in [7, 11) is 0. The number of carbonyl (C=O) groups excluding carboxylic acids is 1. The summed E-state index contributed by atoms with van der Waals surface area (Å²) in [6.07, 6.45) is 3.52. The topological polar surface area (TPSA) is 68.4 Å². The van der Waals surface area contributed by atoms with Gasteiger partial charge in [-0.25, -0.2) is 9.18 Å². The van der Waals surface area contributed by atoms with Crippen LogP contribution >= 0.6 is 0 Å². The number of nitrogens with one attached hydrogen (secondary N) is 2. The summed E-state index contributed by atoms with van der Waals surface area (Å²) in [5, 5.41) is 12.9. The Morgan fingerprint density at radius 2 is 2.38 bits per heavy atom. The zero-order chi connectivity index (χ0) is 14.8. The number of H-pyrrole nitrogens is 1. The molecule has 0 aliphatic carbocycles. The number of aliphatic hydroxyl groups is 1. The molecular formula is C15H18FN3O2. The fourth-order valence-corrected chi connectivity index (χ4v) is 2.86. The number of hydrogen-bond donors (Lipinski definition) is 3. The van der Waals surface area contributed by atoms with E-state index < -0.39 is 0 Å². The van der Waals surface area contributed by atoms with Gasteiger partial charge in [0.05, 0.1) is 12.6 Å². The van der Waals surface area contributed by atoms with E-state index in [-0.39, 0.29) is 24.5 Å². The summed E-state index contributed by atoms with van der Waals surface area (Å²) in [4.78, 5) is 16.9. The molecule has 2 amide bonds. The molecule has 0 saturated carbocycles. The molecule has 3 N–H and O–H groups in total. The smallest absolute Gasteiger partial charge is 0.317 e. The van der Waals surface area contributed by atoms with Crippen molar-refractivity contribution in [3.8, 4) is 0 Å². The molecule has 21 heavy (non-hydrogen) atoms. The predicted octanol–water partition coefficient (Wildman–Crippen LogP) is 1.97. The third-order valence-corrected chi connectivity index (χ3v) is 4.01. The minimum absolute atomic E-state index is 0.00822. The number of nitrogens with zero attached hydrogens (tertiary/aromatic N) is 1. The van der Waals surface area contributed by atoms with Crippen LogP contribution in [-0.4, -0.2) is 40.2 Å². The van der Waals surface area contributed by atoms with Gasteiger partial charge in [-0.05, 0) is 36.6 Å². The second-order valence-corrected chi connectivity index (χ2v) is 5.33. The molecule has 3 rings (SSSR count). The maximum Gasteiger partial charge on any atom is 0.317 e. The number of urea groups is 1. The molecule has 2 heterocycles. The van der Waals surface area contributed by atoms with Gasteiger partial charge in [-0.15, -0.1) is 0 Å². The maximum absolute atomic E-state index is 13.3. The van der Waals surface area contributed by atoms with Gasteiger partial charge >= 0.3 is 6.03 Å². The van der Waals surface area contributed by atoms with Gasteiger partial charge in [0.2, 0.25) is 0 Å². The Morgan fingerprint density at radius 1 is 1.52 bits per heavy atom. The second kappa shape index (κ2) is 5.73. The number of carbonyl (C=O) groups is 1. The summed E-state index contributed by atoms with van der Waals surface area (Å²) in [5.74, 6) is -0.297. The molecular weight excluding hydrogens is 273 g/mol. The number of aromatic nitrogens is 1. The van der Waals surface area contributed by atoms with E-state index in [4.69, 9.17) is 0 Å². The molecule has 1 saturated heterocycles. The van der Waals surface area contributed by atoms with Crippen molar-refractivity contribution in [2.75, 3.05) is 13.2 Å². The molecule has 1 aromatic heterocycles. The zero-order valence-corrected chi connectivity index (χ0v) is 11.6. The lowest BCUT2D eigenvalue weighted by Crippen LogP contribution is -2.43. The van der Waals surface area contributed by atoms with Crippen LogP contribution in [0.1, 0.15) is 18.4 Å². The molecule has 0 radical (unpaired) electrons. The van der Waals surface area contributed by atoms with Gasteiger partial charge in [-0.3, -0.25) is 0 Å². The summed E-state index contributed by atoms with van der Waals surface area (Å²) >= 11 is 0. The molecule has 1 fully saturated rings. The predicted molar refractivity (Wildman–Crippen MR) is 77.3 cm³/mol. The van der Waals surface area contributed by atoms with Crippen molar-refractivity contribution < 1.29 is 14.3 Å². The normalized spacial score (nSPS) is 18.4. The molecule has 1 aromatic carbocycles. The summed E-state index contributed by atoms with van der Waals surface area (Å²) in [6.45, 7) is 0.988. The van der Waals surface area contributed by atoms with E-state index in [1.807, 2.05) is 0 Å². The van der Waals surface area contributed by atoms with Crippen LogP contribution in [0.25, 0.3) is 10.9 Å². The zero-order valence-electron chi connectivity index (χ0n) is 11.6. The minimum atomic E-state index is -0.297. The van der Waals surface area contributed by atoms with Crippen molar-refractivity contribution >= 4 is 16.9 Å². The van der Waals surface area contributed by atoms with Gasteiger partial charge in [0.15, 0.2) is 0 Å². The van der Waals surface area contributed by atoms with Crippen LogP contribution < -0.4 is 5.32 Å². The van der Waals surface area contributed by atoms with E-state index in [1.165, 1.54) is 12.1 Å². The van der Waals surface area contributed by atoms with Crippen molar-refractivity contribution in [2.24, 2.45) is 0 Å². The van der Waals surface area contributed by atoms with Crippen LogP contribution in [0.5, 0.6) is 0 Å². The number of likely N-dealkylation sites (tertiary alicyclic amines) is 1. The summed E-state index contributed by atoms with van der Waals surface area (Å²) in [6, 6.07) is 4.26. The van der Waals surface area contributed by atoms with E-state index in [0.29, 0.717) is 13.1 Å². The second-order valence-electron chi connectivity index (χ2n) is 5.33. The average molecular weight is 291 g/mol. The molecule has 112 valence electrons. The molecule has 2 aromatic rings. The van der Waals surface area contributed by atoms with Crippen LogP contribution in [-0.2, 0) is 6.54 Å². The first-order chi connectivity index (χ1) is 10.2. The van der Waals surface area contributed by atoms with Crippen LogP contribution in [0.2, 0.25) is 0 Å². The minimum Gasteiger partial charge on any atom is -0.394 e. The van der Waals surface area contributed by atoms with Gasteiger partial charge in [-0.1, -0.05) is 0 Å². The van der Waals surface area contributed by atoms with Crippen LogP contribution in [0.15, 0.2) is 24.4 Å². The Balaban J connectivity index is 1.69. The first-order valence-electron chi connectivity index (χ1n) is 7.10. The Labute approximate surface area is 121 Å². The quantitative estimate of drug-likeness (QED) is 0.809. The number of benzene rings is 1. The molecule has 5 nitrogen and oxygen atoms in total. The molecule has 1 aliphatic rings. The number of amides is 2. The highest BCUT2D eigenvalue weighted by atomic mass is 19.1. The van der Waals surface area contributed by atoms with E-state index in [9.17, 15) is 14.3 Å². The van der Waals surface area contributed by atoms with Gasteiger partial charge < -0.3 is 20.3 Å². The standard InChI is InChI=1S/C15H18FN3O2/c16-11-3-4-14-13(6-11)10(7-17-14)8-18-15(21)19-5-1-2-12(19)9-20/h3-4,6-7,12,17,20H,1-2,5,8-9H2,(H,18,21)/t12-/m0/s1. The van der Waals surface area contributed by atoms with Crippen molar-refractivity contribution in [2.45, 2.75) is 25.4 Å². The summed E-state index contributed by atoms with van der Waals surface area (Å²) < 4.78 is 13.3. The average Bonchev–Trinajstić information content (AvgIpc) is 3.11. The van der Waals surface area contributed by atoms with E-state index in [1.54, 1.807) is 17.2 Å². The molecule has 6 heteroatoms. The Hall–Kier alpha value is -2.08. The van der Waals surface area contributed by atoms with Crippen molar-refractivity contribution in [3.05, 3.63) is 35.8 Å². The van der Waals surface area contributed by atoms with Crippen LogP contribution in [0, 0.1) is 5.82 Å². The molecule has 0 unspecified atom stereocenters. The third kappa shape index (κ3) is 2.71. The fraction of sp³-hybridized carbons (Fsp3) is 0.400. The van der Waals surface area contributed by atoms with E-state index in [0.717, 1.165) is 29.3 Å². The number of halogens is 1. The number of rotatable bonds is 3. The highest BCUT2D eigenvalue weighted by Gasteiger charge is 2.27. The fourth-order valence-electron chi connectivity index (χ4n) is 2.86. The molecule has 0 bridgehead atoms. The van der Waals surface area contributed by atoms with E-state index >= 15 is 0 Å². The van der Waals surface area contributed by atoms with Crippen molar-refractivity contribution in [1.29, 1.82) is 0 Å². The van der Waals surface area contributed by atoms with Crippen molar-refractivity contribution in [3.63, 3.8) is 0 Å². The lowest BCUT2D eigenvalue weighted by Gasteiger charge is -2.23. The summed E-state index contributed by atoms with van der Waals surface area (Å²) in [5.41, 5.74) is 1.69. The van der Waals surface area contributed by atoms with Crippen LogP contribution in [0.3, 0.4) is 0 Å². The highest BCUT2D eigenvalue weighted by molar-refractivity contribution is 5.84. The Morgan fingerprint density at radius 3 is 3.19 bits per heavy atom. The number of aliphatic hydroxyl groups excluding tert-OH is 1. The SMILES string of the molecule is O=C(NCc1c[nH]c2ccc(F)cc12)N1CCC[C@H]1CO. The number of aromatic amines is 1. The Kier molecular flexibility index (Phi) is 3.79. The molecule has 1 atom stereocenters. The number of fused-ring (bicyclic) bond motifs is 1. The molecule has 1 aliphatic heterocycles. The van der Waals surface area contributed by atoms with Gasteiger partial charge in [0.1, 0.15) is 5.82 Å². The lowest BCUT2D eigenvalue weighted by molar-refractivity contribution is 0.157. The maximum atomic E-state index is 13.3. The van der Waals surface area contributed by atoms with Crippen LogP contribution in [0.4, 0.5) is 9.18 Å². The van der Waals surface area contributed by atoms with Gasteiger partial charge in [-0.2, -0.15) is 0 Å². The first-order valence-corrected chi connectivity index (χ1v) is 7.10. The largest absolute Gasteiger partial charge is 0.394 e. The van der Waals surface area contributed by atoms with Gasteiger partial charge in [0.25, 0.3) is 0 Å². The Bertz CT molecular complexity index is 655. The molecule has 0 spiro atoms. The van der Waals surface area contributed by atoms with Crippen molar-refractivity contribution in [1.82, 2.24) is 15.2 Å². The monoisotopic (exact) mass is 291 g/mol. The third-order valence-electron chi connectivity index (χ3n) is 4.01.